The fourth-order valence-electron chi connectivity index (χ4n) is 3.49. The molecule has 0 atom stereocenters. The van der Waals surface area contributed by atoms with Gasteiger partial charge < -0.3 is 16.2 Å². The van der Waals surface area contributed by atoms with Crippen LogP contribution in [0.2, 0.25) is 0 Å². The number of hydrogen-bond acceptors (Lipinski definition) is 3. The first-order chi connectivity index (χ1) is 10.1. The van der Waals surface area contributed by atoms with Gasteiger partial charge in [-0.1, -0.05) is 31.4 Å². The second-order valence-electron chi connectivity index (χ2n) is 6.66. The van der Waals surface area contributed by atoms with Crippen LogP contribution in [0.3, 0.4) is 0 Å². The molecule has 4 N–H and O–H groups in total. The van der Waals surface area contributed by atoms with E-state index in [9.17, 15) is 9.90 Å². The Morgan fingerprint density at radius 1 is 1.10 bits per heavy atom. The lowest BCUT2D eigenvalue weighted by Gasteiger charge is -2.37. The second-order valence-corrected chi connectivity index (χ2v) is 6.66. The number of amides is 1. The van der Waals surface area contributed by atoms with Crippen LogP contribution in [0.1, 0.15) is 50.5 Å². The standard InChI is InChI=1S/C17H24N2O2/c18-14-6-4-13(5-7-14)17(10-11-17)15(21)19-16(12-20)8-2-1-3-9-16/h4-7,20H,1-3,8-12,18H2,(H,19,21). The summed E-state index contributed by atoms with van der Waals surface area (Å²) < 4.78 is 0. The van der Waals surface area contributed by atoms with E-state index in [2.05, 4.69) is 5.32 Å². The molecule has 0 aromatic heterocycles. The van der Waals surface area contributed by atoms with Gasteiger partial charge in [-0.15, -0.1) is 0 Å². The highest BCUT2D eigenvalue weighted by atomic mass is 16.3. The van der Waals surface area contributed by atoms with Gasteiger partial charge in [-0.05, 0) is 43.4 Å². The molecule has 0 radical (unpaired) electrons. The lowest BCUT2D eigenvalue weighted by Crippen LogP contribution is -2.55. The molecule has 2 aliphatic rings. The zero-order valence-corrected chi connectivity index (χ0v) is 12.4. The number of anilines is 1. The molecule has 21 heavy (non-hydrogen) atoms. The molecular weight excluding hydrogens is 264 g/mol. The van der Waals surface area contributed by atoms with Crippen LogP contribution >= 0.6 is 0 Å². The average Bonchev–Trinajstić information content (AvgIpc) is 3.31. The minimum Gasteiger partial charge on any atom is -0.399 e. The molecule has 1 amide bonds. The maximum Gasteiger partial charge on any atom is 0.231 e. The molecule has 0 unspecified atom stereocenters. The summed E-state index contributed by atoms with van der Waals surface area (Å²) in [4.78, 5) is 12.8. The molecule has 1 aromatic carbocycles. The van der Waals surface area contributed by atoms with Crippen molar-refractivity contribution >= 4 is 11.6 Å². The zero-order chi connectivity index (χ0) is 14.9. The van der Waals surface area contributed by atoms with Gasteiger partial charge in [0.2, 0.25) is 5.91 Å². The number of rotatable bonds is 4. The molecule has 2 saturated carbocycles. The third-order valence-corrected chi connectivity index (χ3v) is 5.14. The van der Waals surface area contributed by atoms with E-state index in [1.165, 1.54) is 6.42 Å². The molecule has 114 valence electrons. The second kappa shape index (κ2) is 5.34. The van der Waals surface area contributed by atoms with E-state index in [4.69, 9.17) is 5.73 Å². The topological polar surface area (TPSA) is 75.4 Å². The van der Waals surface area contributed by atoms with Gasteiger partial charge >= 0.3 is 0 Å². The Labute approximate surface area is 125 Å². The number of carbonyl (C=O) groups is 1. The number of nitrogen functional groups attached to an aromatic ring is 1. The third kappa shape index (κ3) is 2.64. The molecule has 4 heteroatoms. The first-order valence-corrected chi connectivity index (χ1v) is 7.90. The maximum atomic E-state index is 12.8. The molecule has 0 heterocycles. The Morgan fingerprint density at radius 3 is 2.24 bits per heavy atom. The number of carbonyl (C=O) groups excluding carboxylic acids is 1. The lowest BCUT2D eigenvalue weighted by molar-refractivity contribution is -0.126. The van der Waals surface area contributed by atoms with Crippen molar-refractivity contribution in [2.75, 3.05) is 12.3 Å². The van der Waals surface area contributed by atoms with E-state index in [0.717, 1.165) is 44.1 Å². The minimum atomic E-state index is -0.404. The number of benzene rings is 1. The minimum absolute atomic E-state index is 0.0383. The Morgan fingerprint density at radius 2 is 1.71 bits per heavy atom. The summed E-state index contributed by atoms with van der Waals surface area (Å²) in [5, 5.41) is 12.9. The summed E-state index contributed by atoms with van der Waals surface area (Å²) in [5.41, 5.74) is 6.68. The Bertz CT molecular complexity index is 514. The molecule has 0 bridgehead atoms. The van der Waals surface area contributed by atoms with Crippen molar-refractivity contribution in [1.29, 1.82) is 0 Å². The summed E-state index contributed by atoms with van der Waals surface area (Å²) in [6.07, 6.45) is 6.88. The SMILES string of the molecule is Nc1ccc(C2(C(=O)NC3(CO)CCCCC3)CC2)cc1. The van der Waals surface area contributed by atoms with Crippen LogP contribution in [0, 0.1) is 0 Å². The molecule has 0 saturated heterocycles. The fraction of sp³-hybridized carbons (Fsp3) is 0.588. The Kier molecular flexibility index (Phi) is 3.66. The van der Waals surface area contributed by atoms with Crippen molar-refractivity contribution in [1.82, 2.24) is 5.32 Å². The number of aliphatic hydroxyl groups excluding tert-OH is 1. The van der Waals surface area contributed by atoms with Gasteiger partial charge in [0.05, 0.1) is 17.6 Å². The Balaban J connectivity index is 1.76. The summed E-state index contributed by atoms with van der Waals surface area (Å²) in [7, 11) is 0. The van der Waals surface area contributed by atoms with Crippen LogP contribution in [0.4, 0.5) is 5.69 Å². The van der Waals surface area contributed by atoms with Gasteiger partial charge in [0.1, 0.15) is 0 Å². The normalized spacial score (nSPS) is 22.5. The van der Waals surface area contributed by atoms with Gasteiger partial charge in [0.25, 0.3) is 0 Å². The van der Waals surface area contributed by atoms with Crippen LogP contribution in [-0.2, 0) is 10.2 Å². The van der Waals surface area contributed by atoms with Crippen molar-refractivity contribution in [3.05, 3.63) is 29.8 Å². The quantitative estimate of drug-likeness (QED) is 0.743. The predicted molar refractivity (Wildman–Crippen MR) is 82.8 cm³/mol. The van der Waals surface area contributed by atoms with Crippen LogP contribution < -0.4 is 11.1 Å². The van der Waals surface area contributed by atoms with Gasteiger partial charge in [-0.25, -0.2) is 0 Å². The molecule has 2 aliphatic carbocycles. The van der Waals surface area contributed by atoms with E-state index >= 15 is 0 Å². The average molecular weight is 288 g/mol. The highest BCUT2D eigenvalue weighted by Gasteiger charge is 2.52. The molecule has 0 aliphatic heterocycles. The molecule has 3 rings (SSSR count). The van der Waals surface area contributed by atoms with Gasteiger partial charge in [0, 0.05) is 5.69 Å². The predicted octanol–water partition coefficient (Wildman–Crippen LogP) is 2.11. The van der Waals surface area contributed by atoms with Crippen molar-refractivity contribution < 1.29 is 9.90 Å². The number of nitrogens with two attached hydrogens (primary N) is 1. The monoisotopic (exact) mass is 288 g/mol. The van der Waals surface area contributed by atoms with Gasteiger partial charge in [0.15, 0.2) is 0 Å². The van der Waals surface area contributed by atoms with Crippen molar-refractivity contribution in [2.45, 2.75) is 55.9 Å². The third-order valence-electron chi connectivity index (χ3n) is 5.14. The first kappa shape index (κ1) is 14.4. The van der Waals surface area contributed by atoms with E-state index < -0.39 is 11.0 Å². The summed E-state index contributed by atoms with van der Waals surface area (Å²) in [6, 6.07) is 7.61. The van der Waals surface area contributed by atoms with Gasteiger partial charge in [-0.3, -0.25) is 4.79 Å². The molecular formula is C17H24N2O2. The number of hydrogen-bond donors (Lipinski definition) is 3. The van der Waals surface area contributed by atoms with Gasteiger partial charge in [-0.2, -0.15) is 0 Å². The number of aliphatic hydroxyl groups is 1. The maximum absolute atomic E-state index is 12.8. The van der Waals surface area contributed by atoms with E-state index in [0.29, 0.717) is 5.69 Å². The lowest BCUT2D eigenvalue weighted by atomic mass is 9.81. The van der Waals surface area contributed by atoms with Crippen LogP contribution in [0.15, 0.2) is 24.3 Å². The number of nitrogens with one attached hydrogen (secondary N) is 1. The summed E-state index contributed by atoms with van der Waals surface area (Å²) in [6.45, 7) is 0.0383. The fourth-order valence-corrected chi connectivity index (χ4v) is 3.49. The molecule has 0 spiro atoms. The molecule has 4 nitrogen and oxygen atoms in total. The van der Waals surface area contributed by atoms with Crippen LogP contribution in [0.25, 0.3) is 0 Å². The summed E-state index contributed by atoms with van der Waals surface area (Å²) >= 11 is 0. The van der Waals surface area contributed by atoms with E-state index in [-0.39, 0.29) is 12.5 Å². The smallest absolute Gasteiger partial charge is 0.231 e. The van der Waals surface area contributed by atoms with E-state index in [1.54, 1.807) is 0 Å². The highest BCUT2D eigenvalue weighted by Crippen LogP contribution is 2.49. The highest BCUT2D eigenvalue weighted by molar-refractivity contribution is 5.92. The van der Waals surface area contributed by atoms with E-state index in [1.807, 2.05) is 24.3 Å². The summed E-state index contributed by atoms with van der Waals surface area (Å²) in [5.74, 6) is 0.0724. The van der Waals surface area contributed by atoms with Crippen molar-refractivity contribution in [3.8, 4) is 0 Å². The largest absolute Gasteiger partial charge is 0.399 e. The molecule has 2 fully saturated rings. The van der Waals surface area contributed by atoms with Crippen LogP contribution in [-0.4, -0.2) is 23.2 Å². The Hall–Kier alpha value is -1.55. The van der Waals surface area contributed by atoms with Crippen LogP contribution in [0.5, 0.6) is 0 Å². The molecule has 1 aromatic rings. The van der Waals surface area contributed by atoms with Crippen molar-refractivity contribution in [3.63, 3.8) is 0 Å². The van der Waals surface area contributed by atoms with Crippen molar-refractivity contribution in [2.24, 2.45) is 0 Å². The first-order valence-electron chi connectivity index (χ1n) is 7.90. The zero-order valence-electron chi connectivity index (χ0n) is 12.4.